The lowest BCUT2D eigenvalue weighted by atomic mass is 10.2. The molecule has 3 rings (SSSR count). The van der Waals surface area contributed by atoms with E-state index in [1.807, 2.05) is 0 Å². The van der Waals surface area contributed by atoms with Crippen LogP contribution in [0.4, 0.5) is 9.39 Å². The lowest BCUT2D eigenvalue weighted by Gasteiger charge is -2.26. The number of anilines is 1. The summed E-state index contributed by atoms with van der Waals surface area (Å²) in [5.74, 6) is -2.40. The molecule has 1 aliphatic heterocycles. The third kappa shape index (κ3) is 4.60. The molecule has 12 heteroatoms. The molecule has 1 aromatic carbocycles. The molecule has 0 spiro atoms. The van der Waals surface area contributed by atoms with Crippen molar-refractivity contribution in [1.82, 2.24) is 13.9 Å². The van der Waals surface area contributed by atoms with Gasteiger partial charge in [-0.05, 0) is 38.0 Å². The second-order valence-corrected chi connectivity index (χ2v) is 8.90. The maximum atomic E-state index is 14.3. The van der Waals surface area contributed by atoms with Crippen LogP contribution in [-0.4, -0.2) is 53.9 Å². The summed E-state index contributed by atoms with van der Waals surface area (Å²) in [4.78, 5) is 23.9. The molecule has 29 heavy (non-hydrogen) atoms. The van der Waals surface area contributed by atoms with Crippen LogP contribution < -0.4 is 5.32 Å². The minimum Gasteiger partial charge on any atom is -0.461 e. The molecule has 0 atom stereocenters. The van der Waals surface area contributed by atoms with Crippen molar-refractivity contribution >= 4 is 38.4 Å². The molecule has 1 amide bonds. The number of amides is 1. The summed E-state index contributed by atoms with van der Waals surface area (Å²) in [5, 5.41) is 6.13. The summed E-state index contributed by atoms with van der Waals surface area (Å²) in [5.41, 5.74) is -0.237. The third-order valence-corrected chi connectivity index (χ3v) is 6.87. The van der Waals surface area contributed by atoms with Crippen LogP contribution in [0.2, 0.25) is 0 Å². The highest BCUT2D eigenvalue weighted by Crippen LogP contribution is 2.25. The quantitative estimate of drug-likeness (QED) is 0.682. The van der Waals surface area contributed by atoms with Crippen LogP contribution in [0.15, 0.2) is 23.1 Å². The number of rotatable bonds is 6. The molecule has 1 saturated heterocycles. The van der Waals surface area contributed by atoms with Crippen molar-refractivity contribution in [3.05, 3.63) is 35.3 Å². The molecular weight excluding hydrogens is 423 g/mol. The summed E-state index contributed by atoms with van der Waals surface area (Å²) in [7, 11) is -4.06. The predicted molar refractivity (Wildman–Crippen MR) is 103 cm³/mol. The summed E-state index contributed by atoms with van der Waals surface area (Å²) in [6.07, 6.45) is 2.33. The van der Waals surface area contributed by atoms with Gasteiger partial charge in [0.05, 0.1) is 6.61 Å². The van der Waals surface area contributed by atoms with Crippen molar-refractivity contribution in [3.63, 3.8) is 0 Å². The smallest absolute Gasteiger partial charge is 0.362 e. The van der Waals surface area contributed by atoms with Gasteiger partial charge < -0.3 is 10.1 Å². The van der Waals surface area contributed by atoms with Gasteiger partial charge in [0.15, 0.2) is 5.00 Å². The normalized spacial score (nSPS) is 15.1. The number of esters is 1. The second-order valence-electron chi connectivity index (χ2n) is 6.24. The Kier molecular flexibility index (Phi) is 6.55. The van der Waals surface area contributed by atoms with E-state index in [0.717, 1.165) is 30.1 Å². The van der Waals surface area contributed by atoms with Crippen molar-refractivity contribution in [2.75, 3.05) is 25.0 Å². The number of carbonyl (C=O) groups excluding carboxylic acids is 2. The molecule has 2 aromatic rings. The molecule has 1 N–H and O–H groups in total. The van der Waals surface area contributed by atoms with Gasteiger partial charge >= 0.3 is 5.97 Å². The Labute approximate surface area is 171 Å². The average Bonchev–Trinajstić information content (AvgIpc) is 3.17. The zero-order valence-electron chi connectivity index (χ0n) is 15.6. The molecule has 0 unspecified atom stereocenters. The van der Waals surface area contributed by atoms with Gasteiger partial charge in [0, 0.05) is 30.2 Å². The molecule has 156 valence electrons. The van der Waals surface area contributed by atoms with E-state index in [9.17, 15) is 22.4 Å². The van der Waals surface area contributed by atoms with Crippen LogP contribution in [0.3, 0.4) is 0 Å². The summed E-state index contributed by atoms with van der Waals surface area (Å²) < 4.78 is 49.6. The van der Waals surface area contributed by atoms with E-state index >= 15 is 0 Å². The maximum absolute atomic E-state index is 14.3. The first-order valence-corrected chi connectivity index (χ1v) is 11.2. The maximum Gasteiger partial charge on any atom is 0.362 e. The van der Waals surface area contributed by atoms with Crippen molar-refractivity contribution in [2.24, 2.45) is 0 Å². The zero-order valence-corrected chi connectivity index (χ0v) is 17.2. The number of benzene rings is 1. The Morgan fingerprint density at radius 3 is 2.69 bits per heavy atom. The van der Waals surface area contributed by atoms with Crippen LogP contribution in [0.1, 0.15) is 47.0 Å². The summed E-state index contributed by atoms with van der Waals surface area (Å²) in [6, 6.07) is 3.09. The van der Waals surface area contributed by atoms with Gasteiger partial charge in [-0.1, -0.05) is 10.9 Å². The number of hydrogen-bond acceptors (Lipinski definition) is 8. The van der Waals surface area contributed by atoms with E-state index in [1.165, 1.54) is 10.4 Å². The highest BCUT2D eigenvalue weighted by atomic mass is 32.2. The number of sulfonamides is 1. The lowest BCUT2D eigenvalue weighted by Crippen LogP contribution is -2.36. The number of aromatic nitrogens is 2. The summed E-state index contributed by atoms with van der Waals surface area (Å²) in [6.45, 7) is 2.37. The number of ether oxygens (including phenoxy) is 1. The van der Waals surface area contributed by atoms with Gasteiger partial charge in [0.1, 0.15) is 10.7 Å². The zero-order chi connectivity index (χ0) is 21.0. The monoisotopic (exact) mass is 442 g/mol. The fraction of sp³-hybridized carbons (Fsp3) is 0.412. The topological polar surface area (TPSA) is 119 Å². The third-order valence-electron chi connectivity index (χ3n) is 4.31. The fourth-order valence-electron chi connectivity index (χ4n) is 2.87. The molecule has 0 saturated carbocycles. The van der Waals surface area contributed by atoms with Gasteiger partial charge in [0.25, 0.3) is 5.91 Å². The lowest BCUT2D eigenvalue weighted by molar-refractivity contribution is 0.0520. The van der Waals surface area contributed by atoms with Crippen molar-refractivity contribution in [1.29, 1.82) is 0 Å². The summed E-state index contributed by atoms with van der Waals surface area (Å²) >= 11 is 0.768. The molecule has 0 aliphatic carbocycles. The Hall–Kier alpha value is -2.44. The Balaban J connectivity index is 1.85. The number of piperidine rings is 1. The predicted octanol–water partition coefficient (Wildman–Crippen LogP) is 2.28. The Morgan fingerprint density at radius 2 is 2.00 bits per heavy atom. The second kappa shape index (κ2) is 8.93. The first-order valence-electron chi connectivity index (χ1n) is 8.95. The van der Waals surface area contributed by atoms with Gasteiger partial charge in [-0.3, -0.25) is 4.79 Å². The van der Waals surface area contributed by atoms with Crippen LogP contribution in [0.25, 0.3) is 0 Å². The highest BCUT2D eigenvalue weighted by molar-refractivity contribution is 7.89. The molecule has 2 heterocycles. The molecule has 1 fully saturated rings. The number of halogens is 1. The standard InChI is InChI=1S/C17H19FN4O5S2/c1-2-27-17(24)14-16(28-21-20-14)19-15(23)11-6-7-12(18)13(10-11)29(25,26)22-8-4-3-5-9-22/h6-7,10H,2-5,8-9H2,1H3,(H,19,23). The van der Waals surface area contributed by atoms with Crippen molar-refractivity contribution in [2.45, 2.75) is 31.1 Å². The minimum atomic E-state index is -4.06. The van der Waals surface area contributed by atoms with E-state index < -0.39 is 32.6 Å². The number of hydrogen-bond donors (Lipinski definition) is 1. The van der Waals surface area contributed by atoms with E-state index in [2.05, 4.69) is 14.9 Å². The number of carbonyl (C=O) groups is 2. The average molecular weight is 442 g/mol. The molecule has 1 aliphatic rings. The Morgan fingerprint density at radius 1 is 1.28 bits per heavy atom. The van der Waals surface area contributed by atoms with E-state index in [0.29, 0.717) is 25.9 Å². The molecule has 9 nitrogen and oxygen atoms in total. The van der Waals surface area contributed by atoms with E-state index in [1.54, 1.807) is 6.92 Å². The van der Waals surface area contributed by atoms with Crippen LogP contribution in [-0.2, 0) is 14.8 Å². The molecular formula is C17H19FN4O5S2. The van der Waals surface area contributed by atoms with Crippen molar-refractivity contribution < 1.29 is 27.1 Å². The first-order chi connectivity index (χ1) is 13.8. The van der Waals surface area contributed by atoms with Gasteiger partial charge in [-0.25, -0.2) is 17.6 Å². The van der Waals surface area contributed by atoms with Gasteiger partial charge in [-0.15, -0.1) is 5.10 Å². The molecule has 0 bridgehead atoms. The number of nitrogens with one attached hydrogen (secondary N) is 1. The van der Waals surface area contributed by atoms with Crippen molar-refractivity contribution in [3.8, 4) is 0 Å². The van der Waals surface area contributed by atoms with Gasteiger partial charge in [-0.2, -0.15) is 4.31 Å². The molecule has 1 aromatic heterocycles. The van der Waals surface area contributed by atoms with E-state index in [4.69, 9.17) is 4.74 Å². The van der Waals surface area contributed by atoms with Crippen LogP contribution in [0, 0.1) is 5.82 Å². The van der Waals surface area contributed by atoms with Gasteiger partial charge in [0.2, 0.25) is 15.7 Å². The van der Waals surface area contributed by atoms with Crippen LogP contribution >= 0.6 is 11.5 Å². The fourth-order valence-corrected chi connectivity index (χ4v) is 5.03. The Bertz CT molecular complexity index is 1020. The number of nitrogens with zero attached hydrogens (tertiary/aromatic N) is 3. The largest absolute Gasteiger partial charge is 0.461 e. The van der Waals surface area contributed by atoms with Crippen LogP contribution in [0.5, 0.6) is 0 Å². The first kappa shape index (κ1) is 21.3. The minimum absolute atomic E-state index is 0.0539. The SMILES string of the molecule is CCOC(=O)c1nnsc1NC(=O)c1ccc(F)c(S(=O)(=O)N2CCCCC2)c1. The molecule has 0 radical (unpaired) electrons. The van der Waals surface area contributed by atoms with E-state index in [-0.39, 0.29) is 22.9 Å². The highest BCUT2D eigenvalue weighted by Gasteiger charge is 2.30.